The van der Waals surface area contributed by atoms with Crippen LogP contribution in [0.1, 0.15) is 33.3 Å². The van der Waals surface area contributed by atoms with Gasteiger partial charge in [0.05, 0.1) is 14.3 Å². The lowest BCUT2D eigenvalue weighted by Gasteiger charge is -2.08. The summed E-state index contributed by atoms with van der Waals surface area (Å²) in [6.45, 7) is 10.1. The second kappa shape index (κ2) is 14.2. The van der Waals surface area contributed by atoms with Gasteiger partial charge in [-0.05, 0) is 41.1 Å². The second-order valence-electron chi connectivity index (χ2n) is 4.67. The third kappa shape index (κ3) is 6.64. The highest BCUT2D eigenvalue weighted by Crippen LogP contribution is 2.39. The molecule has 0 N–H and O–H groups in total. The lowest BCUT2D eigenvalue weighted by Crippen LogP contribution is -1.88. The van der Waals surface area contributed by atoms with Gasteiger partial charge in [-0.1, -0.05) is 39.3 Å². The summed E-state index contributed by atoms with van der Waals surface area (Å²) in [6, 6.07) is 8.32. The molecule has 0 saturated carbocycles. The van der Waals surface area contributed by atoms with Gasteiger partial charge in [-0.15, -0.1) is 0 Å². The Bertz CT molecular complexity index is 827. The number of nitrogens with zero attached hydrogens (tertiary/aromatic N) is 2. The molecule has 2 heterocycles. The Balaban J connectivity index is 0.00000103. The number of hydrogen-bond donors (Lipinski definition) is 0. The van der Waals surface area contributed by atoms with Gasteiger partial charge in [0.2, 0.25) is 0 Å². The van der Waals surface area contributed by atoms with Gasteiger partial charge in [-0.25, -0.2) is 4.98 Å². The highest BCUT2D eigenvalue weighted by molar-refractivity contribution is 14.2. The summed E-state index contributed by atoms with van der Waals surface area (Å²) in [5.74, 6) is 0.873. The zero-order valence-corrected chi connectivity index (χ0v) is 21.4. The van der Waals surface area contributed by atoms with Crippen molar-refractivity contribution in [2.45, 2.75) is 34.6 Å². The molecule has 0 saturated heterocycles. The van der Waals surface area contributed by atoms with Crippen molar-refractivity contribution in [3.63, 3.8) is 0 Å². The average Bonchev–Trinajstić information content (AvgIpc) is 3.10. The lowest BCUT2D eigenvalue weighted by molar-refractivity contribution is 0.416. The number of pyridine rings is 1. The zero-order valence-electron chi connectivity index (χ0n) is 16.8. The quantitative estimate of drug-likeness (QED) is 0.297. The summed E-state index contributed by atoms with van der Waals surface area (Å²) >= 11 is 5.77. The minimum absolute atomic E-state index is 0.500. The molecule has 0 bridgehead atoms. The van der Waals surface area contributed by atoms with Crippen LogP contribution in [0.25, 0.3) is 22.2 Å². The molecule has 1 aromatic carbocycles. The minimum Gasteiger partial charge on any atom is -0.496 e. The van der Waals surface area contributed by atoms with Gasteiger partial charge in [-0.3, -0.25) is 8.36 Å². The fourth-order valence-corrected chi connectivity index (χ4v) is 3.94. The van der Waals surface area contributed by atoms with Crippen LogP contribution in [0.3, 0.4) is 0 Å². The Morgan fingerprint density at radius 3 is 2.30 bits per heavy atom. The van der Waals surface area contributed by atoms with Crippen molar-refractivity contribution in [1.82, 2.24) is 8.96 Å². The first-order valence-corrected chi connectivity index (χ1v) is 12.7. The molecule has 0 aliphatic heterocycles. The van der Waals surface area contributed by atoms with E-state index in [4.69, 9.17) is 4.74 Å². The molecule has 0 aliphatic carbocycles. The van der Waals surface area contributed by atoms with Crippen molar-refractivity contribution >= 4 is 57.3 Å². The SMILES string of the molecule is CC.CC.CF.COc1ccc(C)cc1-c1cn(SI)c2ncc(Br)cc12. The number of rotatable bonds is 3. The monoisotopic (exact) mass is 568 g/mol. The maximum absolute atomic E-state index is 9.50. The Morgan fingerprint density at radius 2 is 1.74 bits per heavy atom. The molecule has 3 nitrogen and oxygen atoms in total. The Kier molecular flexibility index (Phi) is 13.8. The first-order chi connectivity index (χ1) is 13.1. The minimum atomic E-state index is 0.500. The van der Waals surface area contributed by atoms with Gasteiger partial charge >= 0.3 is 0 Å². The van der Waals surface area contributed by atoms with Crippen LogP contribution in [0.2, 0.25) is 0 Å². The van der Waals surface area contributed by atoms with E-state index >= 15 is 0 Å². The second-order valence-corrected chi connectivity index (χ2v) is 7.29. The molecular formula is C20H27BrFIN2OS. The van der Waals surface area contributed by atoms with Crippen LogP contribution in [-0.4, -0.2) is 23.2 Å². The van der Waals surface area contributed by atoms with E-state index in [0.29, 0.717) is 7.18 Å². The number of ether oxygens (including phenoxy) is 1. The van der Waals surface area contributed by atoms with E-state index in [1.165, 1.54) is 5.56 Å². The van der Waals surface area contributed by atoms with Gasteiger partial charge in [0, 0.05) is 63.7 Å². The number of hydrogen-bond acceptors (Lipinski definition) is 3. The van der Waals surface area contributed by atoms with Crippen LogP contribution >= 0.6 is 46.3 Å². The standard InChI is InChI=1S/C15H12BrIN2OS.2C2H6.CH3F/c1-9-3-4-14(20-2)11(5-9)13-8-19(21-17)15-12(13)6-10(16)7-18-15;3*1-2/h3-8H,1-2H3;2*1-2H3;1H3. The lowest BCUT2D eigenvalue weighted by atomic mass is 10.0. The van der Waals surface area contributed by atoms with Crippen molar-refractivity contribution in [2.75, 3.05) is 14.3 Å². The molecule has 0 radical (unpaired) electrons. The predicted molar refractivity (Wildman–Crippen MR) is 131 cm³/mol. The number of methoxy groups -OCH3 is 1. The first-order valence-electron chi connectivity index (χ1n) is 8.62. The van der Waals surface area contributed by atoms with Crippen molar-refractivity contribution < 1.29 is 9.13 Å². The number of aryl methyl sites for hydroxylation is 1. The number of halogens is 3. The van der Waals surface area contributed by atoms with Crippen LogP contribution in [-0.2, 0) is 0 Å². The molecule has 2 aromatic heterocycles. The summed E-state index contributed by atoms with van der Waals surface area (Å²) in [5, 5.41) is 1.11. The Labute approximate surface area is 186 Å². The molecule has 7 heteroatoms. The Morgan fingerprint density at radius 1 is 1.11 bits per heavy atom. The fourth-order valence-electron chi connectivity index (χ4n) is 2.35. The molecule has 0 atom stereocenters. The van der Waals surface area contributed by atoms with E-state index in [1.807, 2.05) is 40.0 Å². The molecule has 3 aromatic rings. The summed E-state index contributed by atoms with van der Waals surface area (Å²) in [5.41, 5.74) is 4.38. The number of aromatic nitrogens is 2. The molecule has 3 rings (SSSR count). The molecule has 0 fully saturated rings. The molecular weight excluding hydrogens is 542 g/mol. The Hall–Kier alpha value is -0.800. The number of benzene rings is 1. The third-order valence-corrected chi connectivity index (χ3v) is 5.43. The molecule has 0 amide bonds. The van der Waals surface area contributed by atoms with E-state index < -0.39 is 0 Å². The van der Waals surface area contributed by atoms with Crippen molar-refractivity contribution in [3.05, 3.63) is 46.7 Å². The summed E-state index contributed by atoms with van der Waals surface area (Å²) in [6.07, 6.45) is 3.93. The van der Waals surface area contributed by atoms with Gasteiger partial charge < -0.3 is 4.74 Å². The van der Waals surface area contributed by atoms with Crippen LogP contribution in [0.5, 0.6) is 5.75 Å². The molecule has 0 unspecified atom stereocenters. The topological polar surface area (TPSA) is 27.1 Å². The van der Waals surface area contributed by atoms with E-state index in [-0.39, 0.29) is 0 Å². The molecule has 150 valence electrons. The average molecular weight is 569 g/mol. The highest BCUT2D eigenvalue weighted by Gasteiger charge is 2.15. The number of alkyl halides is 1. The molecule has 0 spiro atoms. The van der Waals surface area contributed by atoms with Gasteiger partial charge in [-0.2, -0.15) is 0 Å². The van der Waals surface area contributed by atoms with Gasteiger partial charge in [0.25, 0.3) is 0 Å². The van der Waals surface area contributed by atoms with Crippen LogP contribution in [0.15, 0.2) is 41.1 Å². The van der Waals surface area contributed by atoms with E-state index in [2.05, 4.69) is 77.4 Å². The van der Waals surface area contributed by atoms with Crippen LogP contribution in [0, 0.1) is 6.92 Å². The first kappa shape index (κ1) is 26.2. The van der Waals surface area contributed by atoms with Crippen molar-refractivity contribution in [2.24, 2.45) is 0 Å². The van der Waals surface area contributed by atoms with E-state index in [9.17, 15) is 4.39 Å². The highest BCUT2D eigenvalue weighted by atomic mass is 127. The van der Waals surface area contributed by atoms with Gasteiger partial charge in [0.15, 0.2) is 5.65 Å². The normalized spacial score (nSPS) is 9.26. The fraction of sp³-hybridized carbons (Fsp3) is 0.350. The van der Waals surface area contributed by atoms with Crippen molar-refractivity contribution in [3.8, 4) is 16.9 Å². The summed E-state index contributed by atoms with van der Waals surface area (Å²) in [7, 11) is 3.81. The summed E-state index contributed by atoms with van der Waals surface area (Å²) < 4.78 is 18.1. The molecule has 27 heavy (non-hydrogen) atoms. The summed E-state index contributed by atoms with van der Waals surface area (Å²) in [4.78, 5) is 4.53. The number of fused-ring (bicyclic) bond motifs is 1. The van der Waals surface area contributed by atoms with Crippen LogP contribution in [0.4, 0.5) is 4.39 Å². The molecule has 0 aliphatic rings. The largest absolute Gasteiger partial charge is 0.496 e. The zero-order chi connectivity index (χ0) is 21.0. The van der Waals surface area contributed by atoms with E-state index in [0.717, 1.165) is 32.4 Å². The van der Waals surface area contributed by atoms with Gasteiger partial charge in [0.1, 0.15) is 5.75 Å². The van der Waals surface area contributed by atoms with Crippen LogP contribution < -0.4 is 4.74 Å². The maximum atomic E-state index is 9.50. The van der Waals surface area contributed by atoms with E-state index in [1.54, 1.807) is 16.2 Å². The third-order valence-electron chi connectivity index (χ3n) is 3.30. The van der Waals surface area contributed by atoms with Crippen molar-refractivity contribution in [1.29, 1.82) is 0 Å². The smallest absolute Gasteiger partial charge is 0.151 e. The maximum Gasteiger partial charge on any atom is 0.151 e. The predicted octanol–water partition coefficient (Wildman–Crippen LogP) is 8.27.